The molecule has 3 heterocycles. The van der Waals surface area contributed by atoms with Gasteiger partial charge in [-0.1, -0.05) is 24.3 Å². The summed E-state index contributed by atoms with van der Waals surface area (Å²) in [6.07, 6.45) is 7.08. The van der Waals surface area contributed by atoms with Gasteiger partial charge in [-0.25, -0.2) is 19.9 Å². The van der Waals surface area contributed by atoms with Gasteiger partial charge in [0.1, 0.15) is 0 Å². The van der Waals surface area contributed by atoms with E-state index in [4.69, 9.17) is 0 Å². The van der Waals surface area contributed by atoms with Crippen molar-refractivity contribution in [2.24, 2.45) is 0 Å². The first kappa shape index (κ1) is 12.9. The Kier molecular flexibility index (Phi) is 3.04. The molecule has 1 atom stereocenters. The molecule has 2 aromatic heterocycles. The van der Waals surface area contributed by atoms with E-state index in [1.54, 1.807) is 18.5 Å². The fourth-order valence-electron chi connectivity index (χ4n) is 2.89. The minimum Gasteiger partial charge on any atom is -0.358 e. The van der Waals surface area contributed by atoms with E-state index in [1.165, 1.54) is 11.1 Å². The molecular weight excluding hydrogens is 274 g/mol. The molecule has 0 saturated carbocycles. The highest BCUT2D eigenvalue weighted by atomic mass is 15.2. The van der Waals surface area contributed by atoms with Gasteiger partial charge >= 0.3 is 0 Å². The molecule has 1 aliphatic heterocycles. The molecule has 0 amide bonds. The molecule has 0 fully saturated rings. The Morgan fingerprint density at radius 1 is 0.909 bits per heavy atom. The predicted molar refractivity (Wildman–Crippen MR) is 84.1 cm³/mol. The van der Waals surface area contributed by atoms with Gasteiger partial charge in [0.05, 0.1) is 24.1 Å². The summed E-state index contributed by atoms with van der Waals surface area (Å²) >= 11 is 0. The lowest BCUT2D eigenvalue weighted by molar-refractivity contribution is 0.728. The predicted octanol–water partition coefficient (Wildman–Crippen LogP) is 3.01. The van der Waals surface area contributed by atoms with E-state index >= 15 is 0 Å². The Morgan fingerprint density at radius 2 is 1.59 bits per heavy atom. The SMILES string of the molecule is CC1c2ccccc2CN1c1cnc(-c2ncccn2)nc1. The van der Waals surface area contributed by atoms with Crippen molar-refractivity contribution in [1.29, 1.82) is 0 Å². The lowest BCUT2D eigenvalue weighted by Gasteiger charge is -2.23. The monoisotopic (exact) mass is 289 g/mol. The third kappa shape index (κ3) is 2.11. The zero-order valence-corrected chi connectivity index (χ0v) is 12.2. The van der Waals surface area contributed by atoms with E-state index in [2.05, 4.69) is 56.0 Å². The van der Waals surface area contributed by atoms with Gasteiger partial charge in [-0.3, -0.25) is 0 Å². The van der Waals surface area contributed by atoms with Crippen LogP contribution in [0.5, 0.6) is 0 Å². The van der Waals surface area contributed by atoms with Gasteiger partial charge in [0.15, 0.2) is 11.6 Å². The quantitative estimate of drug-likeness (QED) is 0.726. The highest BCUT2D eigenvalue weighted by molar-refractivity contribution is 5.54. The van der Waals surface area contributed by atoms with Crippen molar-refractivity contribution in [2.75, 3.05) is 4.90 Å². The molecule has 0 bridgehead atoms. The molecule has 108 valence electrons. The van der Waals surface area contributed by atoms with Crippen LogP contribution in [-0.2, 0) is 6.54 Å². The maximum atomic E-state index is 4.41. The fraction of sp³-hybridized carbons (Fsp3) is 0.176. The Morgan fingerprint density at radius 3 is 2.32 bits per heavy atom. The van der Waals surface area contributed by atoms with Gasteiger partial charge in [-0.15, -0.1) is 0 Å². The number of fused-ring (bicyclic) bond motifs is 1. The summed E-state index contributed by atoms with van der Waals surface area (Å²) in [5, 5.41) is 0. The van der Waals surface area contributed by atoms with Crippen LogP contribution in [0.2, 0.25) is 0 Å². The Hall–Kier alpha value is -2.82. The van der Waals surface area contributed by atoms with Gasteiger partial charge in [-0.05, 0) is 24.1 Å². The summed E-state index contributed by atoms with van der Waals surface area (Å²) < 4.78 is 0. The third-order valence-corrected chi connectivity index (χ3v) is 4.05. The van der Waals surface area contributed by atoms with E-state index in [1.807, 2.05) is 12.4 Å². The molecule has 0 aliphatic carbocycles. The topological polar surface area (TPSA) is 54.8 Å². The lowest BCUT2D eigenvalue weighted by atomic mass is 10.1. The molecule has 0 N–H and O–H groups in total. The summed E-state index contributed by atoms with van der Waals surface area (Å²) in [6, 6.07) is 10.7. The number of anilines is 1. The minimum atomic E-state index is 0.332. The van der Waals surface area contributed by atoms with Gasteiger partial charge in [0.2, 0.25) is 0 Å². The second kappa shape index (κ2) is 5.18. The van der Waals surface area contributed by atoms with Crippen molar-refractivity contribution >= 4 is 5.69 Å². The zero-order valence-electron chi connectivity index (χ0n) is 12.2. The summed E-state index contributed by atoms with van der Waals surface area (Å²) in [7, 11) is 0. The van der Waals surface area contributed by atoms with Gasteiger partial charge < -0.3 is 4.90 Å². The second-order valence-electron chi connectivity index (χ2n) is 5.34. The fourth-order valence-corrected chi connectivity index (χ4v) is 2.89. The number of aromatic nitrogens is 4. The van der Waals surface area contributed by atoms with Gasteiger partial charge in [-0.2, -0.15) is 0 Å². The average molecular weight is 289 g/mol. The molecule has 1 aliphatic rings. The van der Waals surface area contributed by atoms with Crippen LogP contribution in [0.4, 0.5) is 5.69 Å². The molecule has 0 saturated heterocycles. The molecule has 5 heteroatoms. The molecule has 1 aromatic carbocycles. The third-order valence-electron chi connectivity index (χ3n) is 4.05. The van der Waals surface area contributed by atoms with Crippen molar-refractivity contribution < 1.29 is 0 Å². The van der Waals surface area contributed by atoms with E-state index in [-0.39, 0.29) is 0 Å². The van der Waals surface area contributed by atoms with Gasteiger partial charge in [0.25, 0.3) is 0 Å². The minimum absolute atomic E-state index is 0.332. The molecule has 1 unspecified atom stereocenters. The zero-order chi connectivity index (χ0) is 14.9. The van der Waals surface area contributed by atoms with Crippen LogP contribution < -0.4 is 4.90 Å². The van der Waals surface area contributed by atoms with Crippen molar-refractivity contribution in [3.05, 3.63) is 66.2 Å². The molecule has 0 spiro atoms. The van der Waals surface area contributed by atoms with Crippen LogP contribution in [0, 0.1) is 0 Å². The van der Waals surface area contributed by atoms with Crippen LogP contribution >= 0.6 is 0 Å². The van der Waals surface area contributed by atoms with Crippen molar-refractivity contribution in [3.8, 4) is 11.6 Å². The van der Waals surface area contributed by atoms with Gasteiger partial charge in [0, 0.05) is 18.9 Å². The van der Waals surface area contributed by atoms with Crippen LogP contribution in [0.15, 0.2) is 55.1 Å². The van der Waals surface area contributed by atoms with Crippen LogP contribution in [0.25, 0.3) is 11.6 Å². The summed E-state index contributed by atoms with van der Waals surface area (Å²) in [5.41, 5.74) is 3.76. The largest absolute Gasteiger partial charge is 0.358 e. The summed E-state index contributed by atoms with van der Waals surface area (Å²) in [6.45, 7) is 3.10. The first-order chi connectivity index (χ1) is 10.8. The maximum Gasteiger partial charge on any atom is 0.197 e. The second-order valence-corrected chi connectivity index (χ2v) is 5.34. The Bertz CT molecular complexity index is 786. The Balaban J connectivity index is 1.63. The highest BCUT2D eigenvalue weighted by Gasteiger charge is 2.26. The van der Waals surface area contributed by atoms with Crippen molar-refractivity contribution in [2.45, 2.75) is 19.5 Å². The number of hydrogen-bond acceptors (Lipinski definition) is 5. The average Bonchev–Trinajstić information content (AvgIpc) is 2.93. The summed E-state index contributed by atoms with van der Waals surface area (Å²) in [5.74, 6) is 1.10. The van der Waals surface area contributed by atoms with E-state index < -0.39 is 0 Å². The molecule has 4 rings (SSSR count). The molecule has 22 heavy (non-hydrogen) atoms. The molecule has 5 nitrogen and oxygen atoms in total. The molecular formula is C17H15N5. The standard InChI is InChI=1S/C17H15N5/c1-12-15-6-3-2-5-13(15)11-22(12)14-9-20-17(21-10-14)16-18-7-4-8-19-16/h2-10,12H,11H2,1H3. The lowest BCUT2D eigenvalue weighted by Crippen LogP contribution is -2.19. The van der Waals surface area contributed by atoms with Crippen LogP contribution in [0.1, 0.15) is 24.1 Å². The van der Waals surface area contributed by atoms with Crippen molar-refractivity contribution in [3.63, 3.8) is 0 Å². The number of rotatable bonds is 2. The first-order valence-electron chi connectivity index (χ1n) is 7.27. The molecule has 3 aromatic rings. The number of nitrogens with zero attached hydrogens (tertiary/aromatic N) is 5. The van der Waals surface area contributed by atoms with E-state index in [0.29, 0.717) is 17.7 Å². The Labute approximate surface area is 128 Å². The number of benzene rings is 1. The van der Waals surface area contributed by atoms with Crippen LogP contribution in [0.3, 0.4) is 0 Å². The highest BCUT2D eigenvalue weighted by Crippen LogP contribution is 2.36. The van der Waals surface area contributed by atoms with E-state index in [9.17, 15) is 0 Å². The smallest absolute Gasteiger partial charge is 0.197 e. The van der Waals surface area contributed by atoms with Crippen molar-refractivity contribution in [1.82, 2.24) is 19.9 Å². The number of hydrogen-bond donors (Lipinski definition) is 0. The maximum absolute atomic E-state index is 4.41. The first-order valence-corrected chi connectivity index (χ1v) is 7.27. The molecule has 0 radical (unpaired) electrons. The van der Waals surface area contributed by atoms with E-state index in [0.717, 1.165) is 12.2 Å². The summed E-state index contributed by atoms with van der Waals surface area (Å²) in [4.78, 5) is 19.5. The van der Waals surface area contributed by atoms with Crippen LogP contribution in [-0.4, -0.2) is 19.9 Å². The normalized spacial score (nSPS) is 16.6.